The summed E-state index contributed by atoms with van der Waals surface area (Å²) in [6, 6.07) is 8.32. The number of carbonyl (C=O) groups excluding carboxylic acids is 2. The Balaban J connectivity index is 1.51. The molecule has 8 heteroatoms. The molecule has 7 nitrogen and oxygen atoms in total. The molecule has 3 rings (SSSR count). The molecule has 136 valence electrons. The van der Waals surface area contributed by atoms with Gasteiger partial charge >= 0.3 is 0 Å². The highest BCUT2D eigenvalue weighted by molar-refractivity contribution is 6.30. The molecule has 0 radical (unpaired) electrons. The number of benzene rings is 1. The zero-order valence-electron chi connectivity index (χ0n) is 14.0. The molecule has 0 atom stereocenters. The third-order valence-electron chi connectivity index (χ3n) is 3.81. The molecular formula is C18H18ClN3O4. The molecule has 2 amide bonds. The third kappa shape index (κ3) is 4.93. The molecule has 0 bridgehead atoms. The van der Waals surface area contributed by atoms with Crippen molar-refractivity contribution in [1.82, 2.24) is 9.88 Å². The van der Waals surface area contributed by atoms with E-state index in [1.54, 1.807) is 35.2 Å². The van der Waals surface area contributed by atoms with Gasteiger partial charge in [0, 0.05) is 31.2 Å². The van der Waals surface area contributed by atoms with Crippen LogP contribution in [0.25, 0.3) is 0 Å². The normalized spacial score (nSPS) is 14.0. The van der Waals surface area contributed by atoms with Gasteiger partial charge in [-0.2, -0.15) is 0 Å². The lowest BCUT2D eigenvalue weighted by molar-refractivity contribution is -0.137. The molecule has 1 saturated heterocycles. The Morgan fingerprint density at radius 3 is 2.62 bits per heavy atom. The summed E-state index contributed by atoms with van der Waals surface area (Å²) >= 11 is 5.83. The second-order valence-electron chi connectivity index (χ2n) is 5.65. The molecule has 0 saturated carbocycles. The number of pyridine rings is 1. The zero-order chi connectivity index (χ0) is 18.4. The summed E-state index contributed by atoms with van der Waals surface area (Å²) in [4.78, 5) is 29.8. The Hall–Kier alpha value is -2.64. The Labute approximate surface area is 155 Å². The first-order chi connectivity index (χ1) is 12.6. The lowest BCUT2D eigenvalue weighted by atomic mass is 10.2. The summed E-state index contributed by atoms with van der Waals surface area (Å²) in [5.41, 5.74) is 0.968. The Bertz CT molecular complexity index is 776. The number of nitrogens with zero attached hydrogens (tertiary/aromatic N) is 2. The third-order valence-corrected chi connectivity index (χ3v) is 4.01. The van der Waals surface area contributed by atoms with Crippen LogP contribution in [0.5, 0.6) is 5.75 Å². The minimum absolute atomic E-state index is 0.0279. The minimum atomic E-state index is -0.309. The summed E-state index contributed by atoms with van der Waals surface area (Å²) in [5.74, 6) is 0.171. The average Bonchev–Trinajstić information content (AvgIpc) is 2.68. The van der Waals surface area contributed by atoms with Crippen molar-refractivity contribution in [2.24, 2.45) is 0 Å². The molecule has 1 N–H and O–H groups in total. The van der Waals surface area contributed by atoms with Gasteiger partial charge in [-0.25, -0.2) is 0 Å². The monoisotopic (exact) mass is 375 g/mol. The van der Waals surface area contributed by atoms with Crippen LogP contribution in [-0.4, -0.2) is 54.6 Å². The number of hydrogen-bond donors (Lipinski definition) is 1. The Morgan fingerprint density at radius 1 is 1.19 bits per heavy atom. The average molecular weight is 376 g/mol. The molecule has 2 heterocycles. The van der Waals surface area contributed by atoms with Crippen molar-refractivity contribution < 1.29 is 19.1 Å². The summed E-state index contributed by atoms with van der Waals surface area (Å²) in [5, 5.41) is 3.14. The number of ether oxygens (including phenoxy) is 2. The minimum Gasteiger partial charge on any atom is -0.484 e. The van der Waals surface area contributed by atoms with Crippen molar-refractivity contribution in [3.8, 4) is 5.75 Å². The number of aromatic nitrogens is 1. The van der Waals surface area contributed by atoms with Crippen LogP contribution in [0.15, 0.2) is 42.7 Å². The standard InChI is InChI=1S/C18H18ClN3O4/c19-14-9-13(10-20-11-14)18(24)21-15-1-3-16(4-2-15)26-12-17(23)22-5-7-25-8-6-22/h1-4,9-11H,5-8,12H2,(H,21,24). The Morgan fingerprint density at radius 2 is 1.92 bits per heavy atom. The fourth-order valence-corrected chi connectivity index (χ4v) is 2.60. The highest BCUT2D eigenvalue weighted by Gasteiger charge is 2.17. The van der Waals surface area contributed by atoms with E-state index in [0.717, 1.165) is 0 Å². The SMILES string of the molecule is O=C(Nc1ccc(OCC(=O)N2CCOCC2)cc1)c1cncc(Cl)c1. The van der Waals surface area contributed by atoms with Gasteiger partial charge in [0.1, 0.15) is 5.75 Å². The number of halogens is 1. The van der Waals surface area contributed by atoms with Crippen molar-refractivity contribution in [1.29, 1.82) is 0 Å². The molecule has 0 aliphatic carbocycles. The van der Waals surface area contributed by atoms with Crippen molar-refractivity contribution >= 4 is 29.1 Å². The van der Waals surface area contributed by atoms with E-state index < -0.39 is 0 Å². The molecule has 2 aromatic rings. The lowest BCUT2D eigenvalue weighted by Gasteiger charge is -2.26. The molecule has 0 unspecified atom stereocenters. The number of rotatable bonds is 5. The summed E-state index contributed by atoms with van der Waals surface area (Å²) < 4.78 is 10.7. The van der Waals surface area contributed by atoms with Gasteiger partial charge < -0.3 is 19.7 Å². The smallest absolute Gasteiger partial charge is 0.260 e. The molecule has 26 heavy (non-hydrogen) atoms. The number of anilines is 1. The van der Waals surface area contributed by atoms with Gasteiger partial charge in [-0.05, 0) is 30.3 Å². The van der Waals surface area contributed by atoms with Crippen LogP contribution < -0.4 is 10.1 Å². The van der Waals surface area contributed by atoms with E-state index in [-0.39, 0.29) is 18.4 Å². The van der Waals surface area contributed by atoms with Crippen LogP contribution in [0, 0.1) is 0 Å². The second kappa shape index (κ2) is 8.64. The van der Waals surface area contributed by atoms with E-state index in [2.05, 4.69) is 10.3 Å². The van der Waals surface area contributed by atoms with E-state index in [1.165, 1.54) is 12.4 Å². The van der Waals surface area contributed by atoms with Gasteiger partial charge in [-0.3, -0.25) is 14.6 Å². The zero-order valence-corrected chi connectivity index (χ0v) is 14.7. The number of morpholine rings is 1. The molecule has 1 aliphatic heterocycles. The van der Waals surface area contributed by atoms with Gasteiger partial charge in [-0.1, -0.05) is 11.6 Å². The van der Waals surface area contributed by atoms with Gasteiger partial charge in [0.25, 0.3) is 11.8 Å². The highest BCUT2D eigenvalue weighted by atomic mass is 35.5. The van der Waals surface area contributed by atoms with Crippen molar-refractivity contribution in [2.75, 3.05) is 38.2 Å². The molecule has 1 aromatic heterocycles. The van der Waals surface area contributed by atoms with Gasteiger partial charge in [0.2, 0.25) is 0 Å². The first kappa shape index (κ1) is 18.2. The van der Waals surface area contributed by atoms with E-state index in [0.29, 0.717) is 48.3 Å². The molecule has 1 fully saturated rings. The largest absolute Gasteiger partial charge is 0.484 e. The Kier molecular flexibility index (Phi) is 6.04. The fraction of sp³-hybridized carbons (Fsp3) is 0.278. The van der Waals surface area contributed by atoms with Crippen LogP contribution in [-0.2, 0) is 9.53 Å². The van der Waals surface area contributed by atoms with Crippen LogP contribution >= 0.6 is 11.6 Å². The van der Waals surface area contributed by atoms with E-state index >= 15 is 0 Å². The van der Waals surface area contributed by atoms with Gasteiger partial charge in [-0.15, -0.1) is 0 Å². The summed E-state index contributed by atoms with van der Waals surface area (Å²) in [6.45, 7) is 2.27. The van der Waals surface area contributed by atoms with Crippen molar-refractivity contribution in [3.05, 3.63) is 53.3 Å². The van der Waals surface area contributed by atoms with E-state index in [1.807, 2.05) is 0 Å². The second-order valence-corrected chi connectivity index (χ2v) is 6.09. The number of nitrogens with one attached hydrogen (secondary N) is 1. The number of hydrogen-bond acceptors (Lipinski definition) is 5. The van der Waals surface area contributed by atoms with Crippen molar-refractivity contribution in [3.63, 3.8) is 0 Å². The fourth-order valence-electron chi connectivity index (χ4n) is 2.42. The quantitative estimate of drug-likeness (QED) is 0.866. The van der Waals surface area contributed by atoms with E-state index in [4.69, 9.17) is 21.1 Å². The summed E-state index contributed by atoms with van der Waals surface area (Å²) in [6.07, 6.45) is 2.90. The van der Waals surface area contributed by atoms with Gasteiger partial charge in [0.15, 0.2) is 6.61 Å². The van der Waals surface area contributed by atoms with Gasteiger partial charge in [0.05, 0.1) is 23.8 Å². The maximum absolute atomic E-state index is 12.1. The van der Waals surface area contributed by atoms with E-state index in [9.17, 15) is 9.59 Å². The maximum Gasteiger partial charge on any atom is 0.260 e. The predicted molar refractivity (Wildman–Crippen MR) is 96.5 cm³/mol. The van der Waals surface area contributed by atoms with Crippen LogP contribution in [0.4, 0.5) is 5.69 Å². The first-order valence-corrected chi connectivity index (χ1v) is 8.50. The van der Waals surface area contributed by atoms with Crippen molar-refractivity contribution in [2.45, 2.75) is 0 Å². The highest BCUT2D eigenvalue weighted by Crippen LogP contribution is 2.17. The molecule has 1 aliphatic rings. The summed E-state index contributed by atoms with van der Waals surface area (Å²) in [7, 11) is 0. The lowest BCUT2D eigenvalue weighted by Crippen LogP contribution is -2.42. The topological polar surface area (TPSA) is 80.8 Å². The predicted octanol–water partition coefficient (Wildman–Crippen LogP) is 2.22. The first-order valence-electron chi connectivity index (χ1n) is 8.12. The molecular weight excluding hydrogens is 358 g/mol. The molecule has 0 spiro atoms. The maximum atomic E-state index is 12.1. The number of carbonyl (C=O) groups is 2. The van der Waals surface area contributed by atoms with Crippen LogP contribution in [0.2, 0.25) is 5.02 Å². The molecule has 1 aromatic carbocycles. The van der Waals surface area contributed by atoms with Crippen LogP contribution in [0.3, 0.4) is 0 Å². The van der Waals surface area contributed by atoms with Crippen LogP contribution in [0.1, 0.15) is 10.4 Å². The number of amides is 2.